The van der Waals surface area contributed by atoms with Gasteiger partial charge in [-0.05, 0) is 25.2 Å². The molecule has 0 heterocycles. The Morgan fingerprint density at radius 3 is 2.80 bits per heavy atom. The maximum absolute atomic E-state index is 11.3. The Kier molecular flexibility index (Phi) is 5.69. The van der Waals surface area contributed by atoms with E-state index < -0.39 is 0 Å². The molecule has 1 aliphatic carbocycles. The van der Waals surface area contributed by atoms with Crippen molar-refractivity contribution in [2.24, 2.45) is 5.92 Å². The molecule has 0 aromatic heterocycles. The molecule has 88 valence electrons. The molecule has 2 atom stereocenters. The van der Waals surface area contributed by atoms with E-state index in [1.807, 2.05) is 0 Å². The van der Waals surface area contributed by atoms with E-state index in [0.717, 1.165) is 25.3 Å². The van der Waals surface area contributed by atoms with Crippen LogP contribution in [0.1, 0.15) is 46.0 Å². The molecular formula is C12H24N2O. The summed E-state index contributed by atoms with van der Waals surface area (Å²) in [6.45, 7) is 5.66. The average Bonchev–Trinajstić information content (AvgIpc) is 2.95. The molecular weight excluding hydrogens is 188 g/mol. The van der Waals surface area contributed by atoms with Crippen LogP contribution in [0.2, 0.25) is 0 Å². The maximum Gasteiger partial charge on any atom is 0.233 e. The number of hydrogen-bond acceptors (Lipinski definition) is 2. The van der Waals surface area contributed by atoms with E-state index in [9.17, 15) is 4.79 Å². The van der Waals surface area contributed by atoms with E-state index in [1.54, 1.807) is 0 Å². The summed E-state index contributed by atoms with van der Waals surface area (Å²) in [6, 6.07) is 0.613. The van der Waals surface area contributed by atoms with Crippen molar-refractivity contribution >= 4 is 5.91 Å². The fourth-order valence-corrected chi connectivity index (χ4v) is 1.88. The van der Waals surface area contributed by atoms with Crippen molar-refractivity contribution in [1.82, 2.24) is 10.6 Å². The summed E-state index contributed by atoms with van der Waals surface area (Å²) in [4.78, 5) is 11.3. The number of amides is 1. The molecule has 3 nitrogen and oxygen atoms in total. The zero-order chi connectivity index (χ0) is 11.1. The highest BCUT2D eigenvalue weighted by molar-refractivity contribution is 5.78. The van der Waals surface area contributed by atoms with Gasteiger partial charge in [0.2, 0.25) is 5.91 Å². The first-order chi connectivity index (χ1) is 7.27. The number of unbranched alkanes of at least 4 members (excludes halogenated alkanes) is 1. The summed E-state index contributed by atoms with van der Waals surface area (Å²) >= 11 is 0. The number of nitrogens with one attached hydrogen (secondary N) is 2. The molecule has 0 spiro atoms. The molecule has 0 bridgehead atoms. The number of rotatable bonds is 8. The summed E-state index contributed by atoms with van der Waals surface area (Å²) in [5.74, 6) is 0.976. The Balaban J connectivity index is 1.94. The van der Waals surface area contributed by atoms with E-state index in [4.69, 9.17) is 0 Å². The summed E-state index contributed by atoms with van der Waals surface area (Å²) < 4.78 is 0. The highest BCUT2D eigenvalue weighted by Crippen LogP contribution is 2.34. The quantitative estimate of drug-likeness (QED) is 0.601. The standard InChI is InChI=1S/C12H24N2O/c1-3-5-7-13-12(15)9-14-11-8-10(11)6-4-2/h10-11,14H,3-9H2,1-2H3,(H,13,15). The van der Waals surface area contributed by atoms with Crippen molar-refractivity contribution in [2.45, 2.75) is 52.0 Å². The van der Waals surface area contributed by atoms with Gasteiger partial charge in [-0.3, -0.25) is 4.79 Å². The molecule has 0 aliphatic heterocycles. The normalized spacial score (nSPS) is 23.9. The Morgan fingerprint density at radius 1 is 1.33 bits per heavy atom. The lowest BCUT2D eigenvalue weighted by Crippen LogP contribution is -2.35. The van der Waals surface area contributed by atoms with Crippen LogP contribution < -0.4 is 10.6 Å². The van der Waals surface area contributed by atoms with Crippen LogP contribution in [-0.4, -0.2) is 25.0 Å². The summed E-state index contributed by atoms with van der Waals surface area (Å²) in [7, 11) is 0. The Hall–Kier alpha value is -0.570. The Labute approximate surface area is 93.0 Å². The van der Waals surface area contributed by atoms with Crippen molar-refractivity contribution in [3.05, 3.63) is 0 Å². The predicted molar refractivity (Wildman–Crippen MR) is 62.7 cm³/mol. The molecule has 0 aromatic carbocycles. The number of carbonyl (C=O) groups is 1. The molecule has 0 saturated heterocycles. The minimum Gasteiger partial charge on any atom is -0.355 e. The van der Waals surface area contributed by atoms with Gasteiger partial charge < -0.3 is 10.6 Å². The SMILES string of the molecule is CCCCNC(=O)CNC1CC1CCC. The topological polar surface area (TPSA) is 41.1 Å². The molecule has 0 radical (unpaired) electrons. The van der Waals surface area contributed by atoms with Gasteiger partial charge in [0.15, 0.2) is 0 Å². The van der Waals surface area contributed by atoms with Crippen LogP contribution in [-0.2, 0) is 4.79 Å². The third-order valence-corrected chi connectivity index (χ3v) is 2.96. The van der Waals surface area contributed by atoms with Crippen LogP contribution in [0.5, 0.6) is 0 Å². The first-order valence-electron chi connectivity index (χ1n) is 6.28. The third-order valence-electron chi connectivity index (χ3n) is 2.96. The van der Waals surface area contributed by atoms with Crippen LogP contribution in [0.3, 0.4) is 0 Å². The van der Waals surface area contributed by atoms with Gasteiger partial charge in [-0.1, -0.05) is 26.7 Å². The van der Waals surface area contributed by atoms with Gasteiger partial charge in [0.1, 0.15) is 0 Å². The van der Waals surface area contributed by atoms with E-state index in [-0.39, 0.29) is 5.91 Å². The summed E-state index contributed by atoms with van der Waals surface area (Å²) in [5, 5.41) is 6.22. The first-order valence-corrected chi connectivity index (χ1v) is 6.28. The van der Waals surface area contributed by atoms with Crippen molar-refractivity contribution in [1.29, 1.82) is 0 Å². The molecule has 1 rings (SSSR count). The molecule has 3 heteroatoms. The minimum atomic E-state index is 0.144. The van der Waals surface area contributed by atoms with Crippen LogP contribution in [0.15, 0.2) is 0 Å². The van der Waals surface area contributed by atoms with Crippen LogP contribution in [0, 0.1) is 5.92 Å². The van der Waals surface area contributed by atoms with Crippen molar-refractivity contribution in [3.8, 4) is 0 Å². The fourth-order valence-electron chi connectivity index (χ4n) is 1.88. The molecule has 1 aliphatic rings. The zero-order valence-corrected chi connectivity index (χ0v) is 10.0. The number of carbonyl (C=O) groups excluding carboxylic acids is 1. The fraction of sp³-hybridized carbons (Fsp3) is 0.917. The molecule has 2 N–H and O–H groups in total. The van der Waals surface area contributed by atoms with Gasteiger partial charge >= 0.3 is 0 Å². The van der Waals surface area contributed by atoms with Crippen molar-refractivity contribution in [3.63, 3.8) is 0 Å². The highest BCUT2D eigenvalue weighted by atomic mass is 16.1. The maximum atomic E-state index is 11.3. The smallest absolute Gasteiger partial charge is 0.233 e. The van der Waals surface area contributed by atoms with Crippen molar-refractivity contribution in [2.75, 3.05) is 13.1 Å². The van der Waals surface area contributed by atoms with Gasteiger partial charge in [0.05, 0.1) is 6.54 Å². The van der Waals surface area contributed by atoms with Gasteiger partial charge in [0, 0.05) is 12.6 Å². The molecule has 2 unspecified atom stereocenters. The van der Waals surface area contributed by atoms with Gasteiger partial charge in [-0.25, -0.2) is 0 Å². The Bertz CT molecular complexity index is 194. The lowest BCUT2D eigenvalue weighted by Gasteiger charge is -2.05. The van der Waals surface area contributed by atoms with Gasteiger partial charge in [-0.2, -0.15) is 0 Å². The Morgan fingerprint density at radius 2 is 2.13 bits per heavy atom. The van der Waals surface area contributed by atoms with E-state index in [1.165, 1.54) is 19.3 Å². The largest absolute Gasteiger partial charge is 0.355 e. The van der Waals surface area contributed by atoms with E-state index >= 15 is 0 Å². The molecule has 0 aromatic rings. The van der Waals surface area contributed by atoms with Crippen LogP contribution >= 0.6 is 0 Å². The minimum absolute atomic E-state index is 0.144. The van der Waals surface area contributed by atoms with Crippen LogP contribution in [0.25, 0.3) is 0 Å². The van der Waals surface area contributed by atoms with Gasteiger partial charge in [-0.15, -0.1) is 0 Å². The van der Waals surface area contributed by atoms with Crippen LogP contribution in [0.4, 0.5) is 0 Å². The summed E-state index contributed by atoms with van der Waals surface area (Å²) in [6.07, 6.45) is 6.03. The van der Waals surface area contributed by atoms with E-state index in [2.05, 4.69) is 24.5 Å². The monoisotopic (exact) mass is 212 g/mol. The van der Waals surface area contributed by atoms with Crippen molar-refractivity contribution < 1.29 is 4.79 Å². The lowest BCUT2D eigenvalue weighted by molar-refractivity contribution is -0.120. The summed E-state index contributed by atoms with van der Waals surface area (Å²) in [5.41, 5.74) is 0. The van der Waals surface area contributed by atoms with Gasteiger partial charge in [0.25, 0.3) is 0 Å². The molecule has 1 amide bonds. The average molecular weight is 212 g/mol. The first kappa shape index (κ1) is 12.5. The highest BCUT2D eigenvalue weighted by Gasteiger charge is 2.35. The molecule has 15 heavy (non-hydrogen) atoms. The predicted octanol–water partition coefficient (Wildman–Crippen LogP) is 1.68. The second kappa shape index (κ2) is 6.83. The second-order valence-corrected chi connectivity index (χ2v) is 4.48. The van der Waals surface area contributed by atoms with E-state index in [0.29, 0.717) is 12.6 Å². The molecule has 1 fully saturated rings. The number of hydrogen-bond donors (Lipinski definition) is 2. The second-order valence-electron chi connectivity index (χ2n) is 4.48. The third kappa shape index (κ3) is 5.17. The zero-order valence-electron chi connectivity index (χ0n) is 10.0. The lowest BCUT2D eigenvalue weighted by atomic mass is 10.2. The molecule has 1 saturated carbocycles.